The third-order valence-corrected chi connectivity index (χ3v) is 3.20. The van der Waals surface area contributed by atoms with E-state index in [9.17, 15) is 0 Å². The number of hydrogen-bond acceptors (Lipinski definition) is 4. The van der Waals surface area contributed by atoms with E-state index in [1.807, 2.05) is 5.38 Å². The van der Waals surface area contributed by atoms with Gasteiger partial charge in [0.2, 0.25) is 0 Å². The van der Waals surface area contributed by atoms with Crippen LogP contribution in [0.4, 0.5) is 0 Å². The number of nitrogens with zero attached hydrogens (tertiary/aromatic N) is 2. The molecule has 0 saturated carbocycles. The number of thiazole rings is 1. The molecule has 0 aromatic carbocycles. The molecule has 1 saturated heterocycles. The molecule has 0 atom stereocenters. The summed E-state index contributed by atoms with van der Waals surface area (Å²) in [5.41, 5.74) is 0.805. The summed E-state index contributed by atoms with van der Waals surface area (Å²) in [5, 5.41) is 11.9. The van der Waals surface area contributed by atoms with Crippen molar-refractivity contribution in [3.05, 3.63) is 16.1 Å². The molecule has 0 spiro atoms. The van der Waals surface area contributed by atoms with Gasteiger partial charge < -0.3 is 5.11 Å². The Morgan fingerprint density at radius 2 is 2.23 bits per heavy atom. The van der Waals surface area contributed by atoms with E-state index in [1.165, 1.54) is 25.9 Å². The summed E-state index contributed by atoms with van der Waals surface area (Å²) < 4.78 is 0. The standard InChI is InChI=1S/C9H14N2OS/c12-6-8-7-13-9(10-8)5-11-3-1-2-4-11/h7,12H,1-6H2. The number of aromatic nitrogens is 1. The van der Waals surface area contributed by atoms with Crippen molar-refractivity contribution in [3.8, 4) is 0 Å². The average molecular weight is 198 g/mol. The maximum atomic E-state index is 8.84. The highest BCUT2D eigenvalue weighted by Crippen LogP contribution is 2.15. The number of hydrogen-bond donors (Lipinski definition) is 1. The van der Waals surface area contributed by atoms with Gasteiger partial charge >= 0.3 is 0 Å². The van der Waals surface area contributed by atoms with Crippen molar-refractivity contribution < 1.29 is 5.11 Å². The molecule has 0 aliphatic carbocycles. The SMILES string of the molecule is OCc1csc(CN2CCCC2)n1. The molecule has 13 heavy (non-hydrogen) atoms. The summed E-state index contributed by atoms with van der Waals surface area (Å²) >= 11 is 1.65. The molecule has 0 amide bonds. The second-order valence-electron chi connectivity index (χ2n) is 3.37. The zero-order chi connectivity index (χ0) is 9.10. The molecule has 1 aliphatic heterocycles. The van der Waals surface area contributed by atoms with Gasteiger partial charge in [0.05, 0.1) is 18.8 Å². The van der Waals surface area contributed by atoms with Crippen LogP contribution in [-0.2, 0) is 13.2 Å². The van der Waals surface area contributed by atoms with Crippen molar-refractivity contribution in [1.29, 1.82) is 0 Å². The van der Waals surface area contributed by atoms with Gasteiger partial charge in [-0.15, -0.1) is 11.3 Å². The monoisotopic (exact) mass is 198 g/mol. The minimum Gasteiger partial charge on any atom is -0.390 e. The largest absolute Gasteiger partial charge is 0.390 e. The Labute approximate surface area is 82.0 Å². The molecule has 2 heterocycles. The van der Waals surface area contributed by atoms with Gasteiger partial charge in [-0.2, -0.15) is 0 Å². The van der Waals surface area contributed by atoms with Gasteiger partial charge in [0, 0.05) is 5.38 Å². The lowest BCUT2D eigenvalue weighted by Gasteiger charge is -2.11. The predicted octanol–water partition coefficient (Wildman–Crippen LogP) is 1.23. The smallest absolute Gasteiger partial charge is 0.107 e. The fourth-order valence-corrected chi connectivity index (χ4v) is 2.45. The normalized spacial score (nSPS) is 18.2. The summed E-state index contributed by atoms with van der Waals surface area (Å²) in [6.45, 7) is 3.43. The molecule has 1 aromatic heterocycles. The first-order valence-corrected chi connectivity index (χ1v) is 5.53. The summed E-state index contributed by atoms with van der Waals surface area (Å²) in [6.07, 6.45) is 2.64. The molecule has 3 nitrogen and oxygen atoms in total. The average Bonchev–Trinajstić information content (AvgIpc) is 2.76. The fraction of sp³-hybridized carbons (Fsp3) is 0.667. The fourth-order valence-electron chi connectivity index (χ4n) is 1.63. The maximum Gasteiger partial charge on any atom is 0.107 e. The molecular formula is C9H14N2OS. The Morgan fingerprint density at radius 3 is 2.85 bits per heavy atom. The lowest BCUT2D eigenvalue weighted by Crippen LogP contribution is -2.18. The highest BCUT2D eigenvalue weighted by molar-refractivity contribution is 7.09. The zero-order valence-corrected chi connectivity index (χ0v) is 8.39. The van der Waals surface area contributed by atoms with Crippen molar-refractivity contribution in [3.63, 3.8) is 0 Å². The number of aliphatic hydroxyl groups is 1. The first kappa shape index (κ1) is 9.12. The van der Waals surface area contributed by atoms with Crippen molar-refractivity contribution in [1.82, 2.24) is 9.88 Å². The van der Waals surface area contributed by atoms with Crippen molar-refractivity contribution >= 4 is 11.3 Å². The van der Waals surface area contributed by atoms with E-state index >= 15 is 0 Å². The van der Waals surface area contributed by atoms with E-state index in [1.54, 1.807) is 11.3 Å². The molecule has 0 bridgehead atoms. The third-order valence-electron chi connectivity index (χ3n) is 2.32. The Balaban J connectivity index is 1.92. The van der Waals surface area contributed by atoms with Crippen LogP contribution in [0.25, 0.3) is 0 Å². The summed E-state index contributed by atoms with van der Waals surface area (Å²) in [5.74, 6) is 0. The van der Waals surface area contributed by atoms with E-state index in [0.29, 0.717) is 0 Å². The molecule has 1 fully saturated rings. The molecule has 0 radical (unpaired) electrons. The van der Waals surface area contributed by atoms with Crippen LogP contribution in [0.15, 0.2) is 5.38 Å². The topological polar surface area (TPSA) is 36.4 Å². The lowest BCUT2D eigenvalue weighted by molar-refractivity contribution is 0.276. The minimum atomic E-state index is 0.0660. The van der Waals surface area contributed by atoms with Crippen LogP contribution in [0.5, 0.6) is 0 Å². The maximum absolute atomic E-state index is 8.84. The number of aliphatic hydroxyl groups excluding tert-OH is 1. The van der Waals surface area contributed by atoms with E-state index < -0.39 is 0 Å². The van der Waals surface area contributed by atoms with Crippen LogP contribution in [-0.4, -0.2) is 28.1 Å². The third kappa shape index (κ3) is 2.27. The molecule has 2 rings (SSSR count). The highest BCUT2D eigenvalue weighted by Gasteiger charge is 2.13. The van der Waals surface area contributed by atoms with Crippen LogP contribution in [0.1, 0.15) is 23.5 Å². The number of rotatable bonds is 3. The molecular weight excluding hydrogens is 184 g/mol. The second kappa shape index (κ2) is 4.17. The van der Waals surface area contributed by atoms with Crippen LogP contribution >= 0.6 is 11.3 Å². The van der Waals surface area contributed by atoms with E-state index in [2.05, 4.69) is 9.88 Å². The summed E-state index contributed by atoms with van der Waals surface area (Å²) in [6, 6.07) is 0. The first-order valence-electron chi connectivity index (χ1n) is 4.65. The van der Waals surface area contributed by atoms with Crippen LogP contribution in [0, 0.1) is 0 Å². The molecule has 0 unspecified atom stereocenters. The highest BCUT2D eigenvalue weighted by atomic mass is 32.1. The Kier molecular flexibility index (Phi) is 2.93. The van der Waals surface area contributed by atoms with Gasteiger partial charge in [-0.25, -0.2) is 4.98 Å². The minimum absolute atomic E-state index is 0.0660. The summed E-state index contributed by atoms with van der Waals surface area (Å²) in [4.78, 5) is 6.74. The Hall–Kier alpha value is -0.450. The Morgan fingerprint density at radius 1 is 1.46 bits per heavy atom. The van der Waals surface area contributed by atoms with Gasteiger partial charge in [0.15, 0.2) is 0 Å². The van der Waals surface area contributed by atoms with Crippen LogP contribution in [0.2, 0.25) is 0 Å². The lowest BCUT2D eigenvalue weighted by atomic mass is 10.4. The van der Waals surface area contributed by atoms with Gasteiger partial charge in [0.1, 0.15) is 5.01 Å². The summed E-state index contributed by atoms with van der Waals surface area (Å²) in [7, 11) is 0. The van der Waals surface area contributed by atoms with Crippen molar-refractivity contribution in [2.45, 2.75) is 26.0 Å². The van der Waals surface area contributed by atoms with Crippen molar-refractivity contribution in [2.24, 2.45) is 0 Å². The number of likely N-dealkylation sites (tertiary alicyclic amines) is 1. The Bertz CT molecular complexity index is 268. The van der Waals surface area contributed by atoms with E-state index in [-0.39, 0.29) is 6.61 Å². The van der Waals surface area contributed by atoms with Gasteiger partial charge in [0.25, 0.3) is 0 Å². The molecule has 4 heteroatoms. The van der Waals surface area contributed by atoms with E-state index in [0.717, 1.165) is 17.2 Å². The zero-order valence-electron chi connectivity index (χ0n) is 7.57. The predicted molar refractivity (Wildman–Crippen MR) is 52.5 cm³/mol. The molecule has 1 aliphatic rings. The first-order chi connectivity index (χ1) is 6.38. The van der Waals surface area contributed by atoms with Gasteiger partial charge in [-0.1, -0.05) is 0 Å². The van der Waals surface area contributed by atoms with Crippen LogP contribution < -0.4 is 0 Å². The molecule has 72 valence electrons. The van der Waals surface area contributed by atoms with Gasteiger partial charge in [-0.3, -0.25) is 4.90 Å². The van der Waals surface area contributed by atoms with Crippen molar-refractivity contribution in [2.75, 3.05) is 13.1 Å². The van der Waals surface area contributed by atoms with E-state index in [4.69, 9.17) is 5.11 Å². The quantitative estimate of drug-likeness (QED) is 0.793. The second-order valence-corrected chi connectivity index (χ2v) is 4.32. The molecule has 1 N–H and O–H groups in total. The van der Waals surface area contributed by atoms with Gasteiger partial charge in [-0.05, 0) is 25.9 Å². The van der Waals surface area contributed by atoms with Crippen LogP contribution in [0.3, 0.4) is 0 Å². The molecule has 1 aromatic rings.